The van der Waals surface area contributed by atoms with Crippen LogP contribution in [0.25, 0.3) is 0 Å². The second-order valence-electron chi connectivity index (χ2n) is 5.87. The monoisotopic (exact) mass is 263 g/mol. The Morgan fingerprint density at radius 2 is 1.89 bits per heavy atom. The molecule has 0 unspecified atom stereocenters. The molecule has 1 aromatic heterocycles. The second kappa shape index (κ2) is 5.04. The molecule has 0 radical (unpaired) electrons. The number of aromatic nitrogens is 2. The maximum atomic E-state index is 6.20. The van der Waals surface area contributed by atoms with E-state index in [0.29, 0.717) is 0 Å². The van der Waals surface area contributed by atoms with Crippen molar-refractivity contribution >= 4 is 11.5 Å². The van der Waals surface area contributed by atoms with Gasteiger partial charge in [0.15, 0.2) is 5.82 Å². The van der Waals surface area contributed by atoms with E-state index in [1.54, 1.807) is 0 Å². The van der Waals surface area contributed by atoms with Gasteiger partial charge in [-0.25, -0.2) is 4.68 Å². The number of hydrogen-bond acceptors (Lipinski definition) is 4. The molecule has 0 atom stereocenters. The van der Waals surface area contributed by atoms with Crippen LogP contribution in [0.15, 0.2) is 0 Å². The molecule has 2 N–H and O–H groups in total. The molecule has 5 nitrogen and oxygen atoms in total. The van der Waals surface area contributed by atoms with Gasteiger partial charge in [-0.1, -0.05) is 0 Å². The third-order valence-corrected chi connectivity index (χ3v) is 4.33. The van der Waals surface area contributed by atoms with Crippen LogP contribution in [0.2, 0.25) is 0 Å². The summed E-state index contributed by atoms with van der Waals surface area (Å²) in [6.45, 7) is 10.8. The van der Waals surface area contributed by atoms with Crippen LogP contribution in [0, 0.1) is 12.8 Å². The van der Waals surface area contributed by atoms with Crippen LogP contribution < -0.4 is 10.6 Å². The number of rotatable bonds is 4. The third kappa shape index (κ3) is 2.56. The summed E-state index contributed by atoms with van der Waals surface area (Å²) in [4.78, 5) is 5.01. The Morgan fingerprint density at radius 1 is 1.21 bits per heavy atom. The predicted octanol–water partition coefficient (Wildman–Crippen LogP) is 1.33. The fourth-order valence-electron chi connectivity index (χ4n) is 2.95. The number of hydrogen-bond donors (Lipinski definition) is 1. The van der Waals surface area contributed by atoms with Crippen molar-refractivity contribution in [2.24, 2.45) is 5.92 Å². The zero-order valence-electron chi connectivity index (χ0n) is 12.1. The van der Waals surface area contributed by atoms with Crippen molar-refractivity contribution in [1.29, 1.82) is 0 Å². The van der Waals surface area contributed by atoms with Gasteiger partial charge >= 0.3 is 0 Å². The molecule has 1 saturated heterocycles. The van der Waals surface area contributed by atoms with Gasteiger partial charge < -0.3 is 10.6 Å². The lowest BCUT2D eigenvalue weighted by Gasteiger charge is -2.36. The first-order valence-electron chi connectivity index (χ1n) is 7.49. The van der Waals surface area contributed by atoms with E-state index in [2.05, 4.69) is 21.8 Å². The molecule has 19 heavy (non-hydrogen) atoms. The van der Waals surface area contributed by atoms with Gasteiger partial charge in [-0.2, -0.15) is 5.10 Å². The first-order chi connectivity index (χ1) is 9.19. The highest BCUT2D eigenvalue weighted by atomic mass is 15.4. The average molecular weight is 263 g/mol. The smallest absolute Gasteiger partial charge is 0.150 e. The Bertz CT molecular complexity index is 441. The maximum absolute atomic E-state index is 6.20. The van der Waals surface area contributed by atoms with Crippen LogP contribution in [-0.2, 0) is 6.54 Å². The van der Waals surface area contributed by atoms with E-state index in [4.69, 9.17) is 5.73 Å². The minimum absolute atomic E-state index is 0.859. The number of aryl methyl sites for hydroxylation is 2. The molecule has 5 heteroatoms. The van der Waals surface area contributed by atoms with E-state index >= 15 is 0 Å². The lowest BCUT2D eigenvalue weighted by molar-refractivity contribution is 0.247. The Hall–Kier alpha value is -1.23. The van der Waals surface area contributed by atoms with E-state index < -0.39 is 0 Å². The van der Waals surface area contributed by atoms with Gasteiger partial charge in [0.25, 0.3) is 0 Å². The number of nitrogen functional groups attached to an aromatic ring is 1. The van der Waals surface area contributed by atoms with Crippen molar-refractivity contribution in [3.8, 4) is 0 Å². The molecule has 2 fully saturated rings. The normalized spacial score (nSPS) is 21.1. The summed E-state index contributed by atoms with van der Waals surface area (Å²) in [5.41, 5.74) is 8.01. The lowest BCUT2D eigenvalue weighted by atomic mass is 10.2. The standard InChI is InChI=1S/C14H25N5/c1-3-19-14(13(15)11(2)16-19)18-8-6-17(7-9-18)10-12-4-5-12/h12H,3-10,15H2,1-2H3. The molecule has 106 valence electrons. The Labute approximate surface area is 115 Å². The fourth-order valence-corrected chi connectivity index (χ4v) is 2.95. The Balaban J connectivity index is 1.67. The molecule has 1 saturated carbocycles. The molecule has 1 aliphatic carbocycles. The highest BCUT2D eigenvalue weighted by Gasteiger charge is 2.28. The van der Waals surface area contributed by atoms with Crippen LogP contribution in [0.5, 0.6) is 0 Å². The van der Waals surface area contributed by atoms with E-state index in [1.165, 1.54) is 19.4 Å². The second-order valence-corrected chi connectivity index (χ2v) is 5.87. The quantitative estimate of drug-likeness (QED) is 0.890. The highest BCUT2D eigenvalue weighted by molar-refractivity contribution is 5.66. The molecular formula is C14H25N5. The van der Waals surface area contributed by atoms with Gasteiger partial charge in [-0.15, -0.1) is 0 Å². The summed E-state index contributed by atoms with van der Waals surface area (Å²) in [7, 11) is 0. The molecule has 3 rings (SSSR count). The summed E-state index contributed by atoms with van der Waals surface area (Å²) < 4.78 is 2.04. The average Bonchev–Trinajstić information content (AvgIpc) is 3.18. The van der Waals surface area contributed by atoms with Gasteiger partial charge in [0.1, 0.15) is 0 Å². The van der Waals surface area contributed by atoms with Crippen molar-refractivity contribution in [1.82, 2.24) is 14.7 Å². The van der Waals surface area contributed by atoms with Gasteiger partial charge in [0.2, 0.25) is 0 Å². The minimum Gasteiger partial charge on any atom is -0.394 e. The number of anilines is 2. The minimum atomic E-state index is 0.859. The number of piperazine rings is 1. The lowest BCUT2D eigenvalue weighted by Crippen LogP contribution is -2.47. The molecule has 2 heterocycles. The van der Waals surface area contributed by atoms with Gasteiger partial charge in [0, 0.05) is 39.3 Å². The fraction of sp³-hybridized carbons (Fsp3) is 0.786. The van der Waals surface area contributed by atoms with Gasteiger partial charge in [-0.05, 0) is 32.6 Å². The SMILES string of the molecule is CCn1nc(C)c(N)c1N1CCN(CC2CC2)CC1. The molecule has 0 aromatic carbocycles. The van der Waals surface area contributed by atoms with E-state index in [1.807, 2.05) is 11.6 Å². The van der Waals surface area contributed by atoms with Gasteiger partial charge in [0.05, 0.1) is 11.4 Å². The summed E-state index contributed by atoms with van der Waals surface area (Å²) in [5, 5.41) is 4.52. The van der Waals surface area contributed by atoms with Crippen LogP contribution in [0.4, 0.5) is 11.5 Å². The van der Waals surface area contributed by atoms with E-state index in [9.17, 15) is 0 Å². The molecule has 0 bridgehead atoms. The highest BCUT2D eigenvalue weighted by Crippen LogP contribution is 2.31. The van der Waals surface area contributed by atoms with Crippen LogP contribution in [0.1, 0.15) is 25.5 Å². The van der Waals surface area contributed by atoms with Crippen LogP contribution in [0.3, 0.4) is 0 Å². The maximum Gasteiger partial charge on any atom is 0.150 e. The van der Waals surface area contributed by atoms with Crippen molar-refractivity contribution in [3.05, 3.63) is 5.69 Å². The largest absolute Gasteiger partial charge is 0.394 e. The molecule has 2 aliphatic rings. The Kier molecular flexibility index (Phi) is 3.39. The first-order valence-corrected chi connectivity index (χ1v) is 7.49. The molecule has 0 amide bonds. The Morgan fingerprint density at radius 3 is 2.47 bits per heavy atom. The van der Waals surface area contributed by atoms with Crippen molar-refractivity contribution in [2.45, 2.75) is 33.2 Å². The molecule has 0 spiro atoms. The van der Waals surface area contributed by atoms with Crippen molar-refractivity contribution < 1.29 is 0 Å². The topological polar surface area (TPSA) is 50.3 Å². The summed E-state index contributed by atoms with van der Waals surface area (Å²) in [6, 6.07) is 0. The number of nitrogens with zero attached hydrogens (tertiary/aromatic N) is 4. The van der Waals surface area contributed by atoms with E-state index in [-0.39, 0.29) is 0 Å². The first kappa shape index (κ1) is 12.8. The zero-order chi connectivity index (χ0) is 13.4. The van der Waals surface area contributed by atoms with Crippen LogP contribution in [-0.4, -0.2) is 47.4 Å². The summed E-state index contributed by atoms with van der Waals surface area (Å²) in [6.07, 6.45) is 2.88. The van der Waals surface area contributed by atoms with Crippen LogP contribution >= 0.6 is 0 Å². The molecule has 1 aromatic rings. The van der Waals surface area contributed by atoms with Crippen molar-refractivity contribution in [3.63, 3.8) is 0 Å². The molecule has 1 aliphatic heterocycles. The van der Waals surface area contributed by atoms with Gasteiger partial charge in [-0.3, -0.25) is 4.90 Å². The number of nitrogens with two attached hydrogens (primary N) is 1. The third-order valence-electron chi connectivity index (χ3n) is 4.33. The summed E-state index contributed by atoms with van der Waals surface area (Å²) >= 11 is 0. The summed E-state index contributed by atoms with van der Waals surface area (Å²) in [5.74, 6) is 2.12. The predicted molar refractivity (Wildman–Crippen MR) is 78.4 cm³/mol. The van der Waals surface area contributed by atoms with Crippen molar-refractivity contribution in [2.75, 3.05) is 43.4 Å². The molecular weight excluding hydrogens is 238 g/mol. The zero-order valence-corrected chi connectivity index (χ0v) is 12.1. The van der Waals surface area contributed by atoms with E-state index in [0.717, 1.165) is 55.8 Å².